The summed E-state index contributed by atoms with van der Waals surface area (Å²) in [7, 11) is 0. The van der Waals surface area contributed by atoms with Crippen LogP contribution in [0.2, 0.25) is 0 Å². The molecule has 0 fully saturated rings. The van der Waals surface area contributed by atoms with Gasteiger partial charge >= 0.3 is 12.1 Å². The molecule has 208 valence electrons. The smallest absolute Gasteiger partial charge is 0.389 e. The summed E-state index contributed by atoms with van der Waals surface area (Å²) in [5.74, 6) is -1.90. The molecule has 0 aliphatic rings. The second kappa shape index (κ2) is 16.2. The minimum absolute atomic E-state index is 0.0443. The molecule has 2 aromatic rings. The maximum Gasteiger partial charge on any atom is 0.389 e. The predicted octanol–water partition coefficient (Wildman–Crippen LogP) is 8.07. The summed E-state index contributed by atoms with van der Waals surface area (Å²) in [5, 5.41) is 19.1. The van der Waals surface area contributed by atoms with Crippen LogP contribution in [0.3, 0.4) is 0 Å². The minimum atomic E-state index is -4.39. The molecule has 2 rings (SSSR count). The van der Waals surface area contributed by atoms with Gasteiger partial charge in [0.25, 0.3) is 0 Å². The Labute approximate surface area is 225 Å². The van der Waals surface area contributed by atoms with E-state index in [4.69, 9.17) is 9.52 Å². The number of aliphatic hydroxyl groups excluding tert-OH is 1. The number of unbranched alkanes of at least 4 members (excludes halogenated alkanes) is 6. The number of hydrogen-bond donors (Lipinski definition) is 2. The summed E-state index contributed by atoms with van der Waals surface area (Å²) in [5.41, 5.74) is -0.473. The van der Waals surface area contributed by atoms with E-state index in [0.29, 0.717) is 4.90 Å². The SMILES string of the molecule is CCCCCCCCC=CC=CC=C[C@H](Sc1ccc2c(=O)cc(C(=O)O)oc2c1)[C@H](O)CCC(F)(F)F. The van der Waals surface area contributed by atoms with Crippen molar-refractivity contribution in [3.63, 3.8) is 0 Å². The van der Waals surface area contributed by atoms with Crippen molar-refractivity contribution in [2.45, 2.75) is 87.1 Å². The number of rotatable bonds is 16. The van der Waals surface area contributed by atoms with Crippen LogP contribution in [0.4, 0.5) is 13.2 Å². The van der Waals surface area contributed by atoms with Crippen LogP contribution >= 0.6 is 11.8 Å². The molecular weight excluding hydrogens is 517 g/mol. The fourth-order valence-electron chi connectivity index (χ4n) is 3.71. The van der Waals surface area contributed by atoms with Crippen LogP contribution in [0.15, 0.2) is 74.8 Å². The fraction of sp³-hybridized carbons (Fsp3) is 0.448. The first-order valence-electron chi connectivity index (χ1n) is 12.8. The van der Waals surface area contributed by atoms with Crippen LogP contribution in [-0.2, 0) is 0 Å². The van der Waals surface area contributed by atoms with Gasteiger partial charge in [-0.25, -0.2) is 4.79 Å². The maximum absolute atomic E-state index is 12.7. The molecule has 9 heteroatoms. The Morgan fingerprint density at radius 3 is 2.47 bits per heavy atom. The molecule has 5 nitrogen and oxygen atoms in total. The fourth-order valence-corrected chi connectivity index (χ4v) is 4.81. The summed E-state index contributed by atoms with van der Waals surface area (Å²) in [6.45, 7) is 2.19. The van der Waals surface area contributed by atoms with E-state index >= 15 is 0 Å². The van der Waals surface area contributed by atoms with E-state index in [-0.39, 0.29) is 11.0 Å². The van der Waals surface area contributed by atoms with Crippen molar-refractivity contribution in [1.29, 1.82) is 0 Å². The van der Waals surface area contributed by atoms with E-state index in [1.807, 2.05) is 12.2 Å². The highest BCUT2D eigenvalue weighted by Crippen LogP contribution is 2.32. The number of aliphatic hydroxyl groups is 1. The summed E-state index contributed by atoms with van der Waals surface area (Å²) in [6, 6.07) is 5.39. The van der Waals surface area contributed by atoms with Crippen LogP contribution in [-0.4, -0.2) is 33.7 Å². The standard InChI is InChI=1S/C29H35F3O5S/c1-2-3-4-5-6-7-8-9-10-11-12-13-14-27(23(33)17-18-29(30,31)32)38-21-15-16-22-24(34)20-26(28(35)36)37-25(22)19-21/h9-16,19-20,23,27,33H,2-8,17-18H2,1H3,(H,35,36)/t23-,27+/m1/s1. The van der Waals surface area contributed by atoms with Gasteiger partial charge in [-0.1, -0.05) is 75.5 Å². The molecule has 0 spiro atoms. The zero-order valence-corrected chi connectivity index (χ0v) is 22.3. The van der Waals surface area contributed by atoms with Crippen molar-refractivity contribution in [1.82, 2.24) is 0 Å². The number of fused-ring (bicyclic) bond motifs is 1. The third kappa shape index (κ3) is 11.7. The number of hydrogen-bond acceptors (Lipinski definition) is 5. The molecule has 0 saturated heterocycles. The van der Waals surface area contributed by atoms with E-state index in [1.165, 1.54) is 44.2 Å². The number of alkyl halides is 3. The maximum atomic E-state index is 12.7. The highest BCUT2D eigenvalue weighted by Gasteiger charge is 2.30. The number of allylic oxidation sites excluding steroid dienone is 5. The minimum Gasteiger partial charge on any atom is -0.475 e. The van der Waals surface area contributed by atoms with Crippen molar-refractivity contribution in [2.75, 3.05) is 0 Å². The van der Waals surface area contributed by atoms with Gasteiger partial charge in [-0.3, -0.25) is 4.79 Å². The van der Waals surface area contributed by atoms with E-state index in [2.05, 4.69) is 13.0 Å². The second-order valence-corrected chi connectivity index (χ2v) is 10.2. The molecule has 0 unspecified atom stereocenters. The molecule has 1 heterocycles. The first kappa shape index (κ1) is 31.4. The number of carbonyl (C=O) groups is 1. The van der Waals surface area contributed by atoms with E-state index in [1.54, 1.807) is 24.3 Å². The van der Waals surface area contributed by atoms with Crippen molar-refractivity contribution in [3.05, 3.63) is 76.7 Å². The Balaban J connectivity index is 2.07. The van der Waals surface area contributed by atoms with Gasteiger partial charge in [-0.15, -0.1) is 11.8 Å². The average Bonchev–Trinajstić information content (AvgIpc) is 2.86. The first-order chi connectivity index (χ1) is 18.1. The molecule has 0 bridgehead atoms. The van der Waals surface area contributed by atoms with E-state index in [0.717, 1.165) is 30.7 Å². The van der Waals surface area contributed by atoms with Crippen molar-refractivity contribution < 1.29 is 32.6 Å². The summed E-state index contributed by atoms with van der Waals surface area (Å²) in [4.78, 5) is 23.9. The van der Waals surface area contributed by atoms with Gasteiger partial charge in [-0.05, 0) is 37.5 Å². The van der Waals surface area contributed by atoms with Gasteiger partial charge < -0.3 is 14.6 Å². The summed E-state index contributed by atoms with van der Waals surface area (Å²) >= 11 is 1.10. The molecular formula is C29H35F3O5S. The third-order valence-electron chi connectivity index (χ3n) is 5.78. The quantitative estimate of drug-likeness (QED) is 0.124. The van der Waals surface area contributed by atoms with Crippen LogP contribution in [0.1, 0.15) is 75.3 Å². The molecule has 0 saturated carbocycles. The molecule has 2 atom stereocenters. The van der Waals surface area contributed by atoms with Gasteiger partial charge in [0.2, 0.25) is 5.76 Å². The molecule has 0 amide bonds. The Hall–Kier alpha value is -2.78. The van der Waals surface area contributed by atoms with Gasteiger partial charge in [0.05, 0.1) is 16.7 Å². The van der Waals surface area contributed by atoms with Gasteiger partial charge in [-0.2, -0.15) is 13.2 Å². The topological polar surface area (TPSA) is 87.7 Å². The highest BCUT2D eigenvalue weighted by molar-refractivity contribution is 8.00. The molecule has 0 aliphatic carbocycles. The van der Waals surface area contributed by atoms with Crippen molar-refractivity contribution in [3.8, 4) is 0 Å². The number of thioether (sulfide) groups is 1. The lowest BCUT2D eigenvalue weighted by molar-refractivity contribution is -0.139. The molecule has 1 aromatic carbocycles. The van der Waals surface area contributed by atoms with Gasteiger partial charge in [0, 0.05) is 17.4 Å². The van der Waals surface area contributed by atoms with E-state index < -0.39 is 47.5 Å². The van der Waals surface area contributed by atoms with Gasteiger partial charge in [0.15, 0.2) is 5.43 Å². The largest absolute Gasteiger partial charge is 0.475 e. The van der Waals surface area contributed by atoms with Crippen molar-refractivity contribution >= 4 is 28.7 Å². The number of carboxylic acid groups (broad SMARTS) is 1. The third-order valence-corrected chi connectivity index (χ3v) is 7.05. The lowest BCUT2D eigenvalue weighted by atomic mass is 10.1. The molecule has 1 aromatic heterocycles. The Bertz CT molecular complexity index is 1170. The number of aromatic carboxylic acids is 1. The summed E-state index contributed by atoms with van der Waals surface area (Å²) in [6.07, 6.45) is 11.9. The zero-order chi connectivity index (χ0) is 28.0. The number of carboxylic acids is 1. The van der Waals surface area contributed by atoms with Crippen molar-refractivity contribution in [2.24, 2.45) is 0 Å². The first-order valence-corrected chi connectivity index (χ1v) is 13.7. The lowest BCUT2D eigenvalue weighted by Crippen LogP contribution is -2.23. The monoisotopic (exact) mass is 552 g/mol. The van der Waals surface area contributed by atoms with Crippen LogP contribution in [0.25, 0.3) is 11.0 Å². The van der Waals surface area contributed by atoms with Gasteiger partial charge in [0.1, 0.15) is 5.58 Å². The van der Waals surface area contributed by atoms with E-state index in [9.17, 15) is 27.9 Å². The Morgan fingerprint density at radius 2 is 1.76 bits per heavy atom. The number of halogens is 3. The normalized spacial score (nSPS) is 14.2. The van der Waals surface area contributed by atoms with Crippen LogP contribution in [0, 0.1) is 0 Å². The lowest BCUT2D eigenvalue weighted by Gasteiger charge is -2.20. The van der Waals surface area contributed by atoms with Crippen LogP contribution in [0.5, 0.6) is 0 Å². The Kier molecular flexibility index (Phi) is 13.4. The predicted molar refractivity (Wildman–Crippen MR) is 146 cm³/mol. The molecule has 2 N–H and O–H groups in total. The second-order valence-electron chi connectivity index (χ2n) is 9.00. The molecule has 0 aliphatic heterocycles. The zero-order valence-electron chi connectivity index (χ0n) is 21.5. The average molecular weight is 553 g/mol. The molecule has 38 heavy (non-hydrogen) atoms. The molecule has 0 radical (unpaired) electrons. The number of benzene rings is 1. The highest BCUT2D eigenvalue weighted by atomic mass is 32.2. The summed E-state index contributed by atoms with van der Waals surface area (Å²) < 4.78 is 43.5. The van der Waals surface area contributed by atoms with Crippen LogP contribution < -0.4 is 5.43 Å². The Morgan fingerprint density at radius 1 is 1.05 bits per heavy atom.